The summed E-state index contributed by atoms with van der Waals surface area (Å²) in [4.78, 5) is 6.73. The van der Waals surface area contributed by atoms with Gasteiger partial charge in [0.25, 0.3) is 0 Å². The van der Waals surface area contributed by atoms with Crippen LogP contribution in [-0.4, -0.2) is 106 Å². The van der Waals surface area contributed by atoms with E-state index in [-0.39, 0.29) is 12.1 Å². The molecule has 0 aliphatic carbocycles. The van der Waals surface area contributed by atoms with Crippen molar-refractivity contribution in [2.45, 2.75) is 18.7 Å². The Hall–Kier alpha value is -1.38. The number of nitrogens with zero attached hydrogens (tertiary/aromatic N) is 3. The molecule has 1 aromatic rings. The minimum atomic E-state index is -0.301. The van der Waals surface area contributed by atoms with Gasteiger partial charge in [-0.3, -0.25) is 9.80 Å². The fraction of sp³-hybridized carbons (Fsp3) is 0.700. The van der Waals surface area contributed by atoms with E-state index in [0.717, 1.165) is 57.4 Å². The van der Waals surface area contributed by atoms with Crippen LogP contribution < -0.4 is 9.47 Å². The molecule has 2 aliphatic rings. The Morgan fingerprint density at radius 1 is 1.15 bits per heavy atom. The average Bonchev–Trinajstić information content (AvgIpc) is 3.04. The molecular formula is C20H33N3O4. The van der Waals surface area contributed by atoms with Gasteiger partial charge in [-0.1, -0.05) is 6.07 Å². The van der Waals surface area contributed by atoms with E-state index in [1.165, 1.54) is 5.56 Å². The molecule has 27 heavy (non-hydrogen) atoms. The van der Waals surface area contributed by atoms with Crippen LogP contribution in [0.4, 0.5) is 0 Å². The minimum Gasteiger partial charge on any atom is -0.493 e. The quantitative estimate of drug-likeness (QED) is 0.706. The molecule has 0 spiro atoms. The van der Waals surface area contributed by atoms with E-state index in [2.05, 4.69) is 20.8 Å². The molecule has 2 saturated heterocycles. The maximum atomic E-state index is 10.2. The molecule has 2 fully saturated rings. The fourth-order valence-corrected chi connectivity index (χ4v) is 3.78. The number of aliphatic hydroxyl groups is 1. The third kappa shape index (κ3) is 5.56. The van der Waals surface area contributed by atoms with Gasteiger partial charge in [0.05, 0.1) is 26.4 Å². The number of ether oxygens (including phenoxy) is 3. The highest BCUT2D eigenvalue weighted by molar-refractivity contribution is 5.43. The van der Waals surface area contributed by atoms with E-state index in [1.54, 1.807) is 7.11 Å². The molecule has 0 radical (unpaired) electrons. The molecule has 2 heterocycles. The Morgan fingerprint density at radius 2 is 1.93 bits per heavy atom. The van der Waals surface area contributed by atoms with Crippen molar-refractivity contribution in [3.8, 4) is 11.5 Å². The first-order valence-corrected chi connectivity index (χ1v) is 9.73. The van der Waals surface area contributed by atoms with Crippen molar-refractivity contribution in [2.24, 2.45) is 0 Å². The standard InChI is InChI=1S/C20H33N3O4/c1-21(2)17-14-23(15-18(17)24)13-16-4-5-19(20(12-16)25-3)27-11-8-22-6-9-26-10-7-22/h4-5,12,17-18,24H,6-11,13-15H2,1-3H3/t17-,18-/m0/s1. The van der Waals surface area contributed by atoms with Gasteiger partial charge in [-0.15, -0.1) is 0 Å². The first-order valence-electron chi connectivity index (χ1n) is 9.73. The summed E-state index contributed by atoms with van der Waals surface area (Å²) in [7, 11) is 5.71. The highest BCUT2D eigenvalue weighted by atomic mass is 16.5. The highest BCUT2D eigenvalue weighted by Crippen LogP contribution is 2.29. The zero-order chi connectivity index (χ0) is 19.2. The molecule has 1 N–H and O–H groups in total. The van der Waals surface area contributed by atoms with Gasteiger partial charge in [0, 0.05) is 45.3 Å². The topological polar surface area (TPSA) is 57.6 Å². The summed E-state index contributed by atoms with van der Waals surface area (Å²) in [5, 5.41) is 10.2. The van der Waals surface area contributed by atoms with Crippen molar-refractivity contribution in [1.29, 1.82) is 0 Å². The fourth-order valence-electron chi connectivity index (χ4n) is 3.78. The van der Waals surface area contributed by atoms with Crippen LogP contribution in [0, 0.1) is 0 Å². The predicted octanol–water partition coefficient (Wildman–Crippen LogP) is 0.513. The lowest BCUT2D eigenvalue weighted by Gasteiger charge is -2.26. The monoisotopic (exact) mass is 379 g/mol. The maximum Gasteiger partial charge on any atom is 0.161 e. The number of rotatable bonds is 8. The van der Waals surface area contributed by atoms with Gasteiger partial charge < -0.3 is 24.2 Å². The van der Waals surface area contributed by atoms with Gasteiger partial charge in [-0.2, -0.15) is 0 Å². The second-order valence-electron chi connectivity index (χ2n) is 7.58. The molecule has 152 valence electrons. The van der Waals surface area contributed by atoms with Crippen molar-refractivity contribution in [3.63, 3.8) is 0 Å². The van der Waals surface area contributed by atoms with Crippen LogP contribution >= 0.6 is 0 Å². The SMILES string of the molecule is COc1cc(CN2C[C@H](O)[C@@H](N(C)C)C2)ccc1OCCN1CCOCC1. The van der Waals surface area contributed by atoms with Crippen molar-refractivity contribution < 1.29 is 19.3 Å². The van der Waals surface area contributed by atoms with Gasteiger partial charge >= 0.3 is 0 Å². The van der Waals surface area contributed by atoms with Crippen LogP contribution in [-0.2, 0) is 11.3 Å². The molecule has 1 aromatic carbocycles. The van der Waals surface area contributed by atoms with Gasteiger partial charge in [-0.25, -0.2) is 0 Å². The van der Waals surface area contributed by atoms with Crippen LogP contribution in [0.5, 0.6) is 11.5 Å². The minimum absolute atomic E-state index is 0.190. The van der Waals surface area contributed by atoms with E-state index < -0.39 is 0 Å². The molecule has 0 saturated carbocycles. The van der Waals surface area contributed by atoms with Crippen LogP contribution in [0.1, 0.15) is 5.56 Å². The number of methoxy groups -OCH3 is 1. The average molecular weight is 380 g/mol. The van der Waals surface area contributed by atoms with Crippen molar-refractivity contribution >= 4 is 0 Å². The van der Waals surface area contributed by atoms with Crippen molar-refractivity contribution in [2.75, 3.05) is 73.7 Å². The molecule has 2 atom stereocenters. The van der Waals surface area contributed by atoms with Crippen molar-refractivity contribution in [3.05, 3.63) is 23.8 Å². The van der Waals surface area contributed by atoms with Gasteiger partial charge in [-0.05, 0) is 31.8 Å². The van der Waals surface area contributed by atoms with Crippen LogP contribution in [0.25, 0.3) is 0 Å². The Bertz CT molecular complexity index is 593. The van der Waals surface area contributed by atoms with Crippen LogP contribution in [0.3, 0.4) is 0 Å². The number of β-amino-alcohol motifs (C(OH)–C–C–N with tert-alkyl or cyclic N) is 1. The number of likely N-dealkylation sites (tertiary alicyclic amines) is 1. The second kappa shape index (κ2) is 9.71. The number of aliphatic hydroxyl groups excluding tert-OH is 1. The number of likely N-dealkylation sites (N-methyl/N-ethyl adjacent to an activating group) is 1. The van der Waals surface area contributed by atoms with E-state index in [9.17, 15) is 5.11 Å². The summed E-state index contributed by atoms with van der Waals surface area (Å²) < 4.78 is 16.9. The summed E-state index contributed by atoms with van der Waals surface area (Å²) in [6.45, 7) is 7.44. The summed E-state index contributed by atoms with van der Waals surface area (Å²) in [5.74, 6) is 1.54. The number of benzene rings is 1. The number of hydrogen-bond acceptors (Lipinski definition) is 7. The molecule has 7 nitrogen and oxygen atoms in total. The molecular weight excluding hydrogens is 346 g/mol. The molecule has 0 unspecified atom stereocenters. The lowest BCUT2D eigenvalue weighted by atomic mass is 10.2. The highest BCUT2D eigenvalue weighted by Gasteiger charge is 2.32. The Balaban J connectivity index is 1.52. The van der Waals surface area contributed by atoms with Gasteiger partial charge in [0.1, 0.15) is 6.61 Å². The van der Waals surface area contributed by atoms with E-state index in [0.29, 0.717) is 13.2 Å². The normalized spacial score (nSPS) is 24.5. The van der Waals surface area contributed by atoms with Gasteiger partial charge in [0.2, 0.25) is 0 Å². The van der Waals surface area contributed by atoms with E-state index >= 15 is 0 Å². The van der Waals surface area contributed by atoms with E-state index in [1.807, 2.05) is 26.2 Å². The lowest BCUT2D eigenvalue weighted by molar-refractivity contribution is 0.0321. The Labute approximate surface area is 162 Å². The maximum absolute atomic E-state index is 10.2. The summed E-state index contributed by atoms with van der Waals surface area (Å²) >= 11 is 0. The lowest BCUT2D eigenvalue weighted by Crippen LogP contribution is -2.38. The molecule has 7 heteroatoms. The van der Waals surface area contributed by atoms with Crippen LogP contribution in [0.15, 0.2) is 18.2 Å². The largest absolute Gasteiger partial charge is 0.493 e. The molecule has 2 aliphatic heterocycles. The van der Waals surface area contributed by atoms with E-state index in [4.69, 9.17) is 14.2 Å². The number of hydrogen-bond donors (Lipinski definition) is 1. The Morgan fingerprint density at radius 3 is 2.59 bits per heavy atom. The van der Waals surface area contributed by atoms with Crippen LogP contribution in [0.2, 0.25) is 0 Å². The predicted molar refractivity (Wildman–Crippen MR) is 105 cm³/mol. The molecule has 3 rings (SSSR count). The summed E-state index contributed by atoms with van der Waals surface area (Å²) in [6.07, 6.45) is -0.301. The summed E-state index contributed by atoms with van der Waals surface area (Å²) in [6, 6.07) is 6.31. The second-order valence-corrected chi connectivity index (χ2v) is 7.58. The molecule has 0 aromatic heterocycles. The smallest absolute Gasteiger partial charge is 0.161 e. The molecule has 0 bridgehead atoms. The number of morpholine rings is 1. The first kappa shape index (κ1) is 20.4. The summed E-state index contributed by atoms with van der Waals surface area (Å²) in [5.41, 5.74) is 1.17. The first-order chi connectivity index (χ1) is 13.1. The zero-order valence-electron chi connectivity index (χ0n) is 16.8. The third-order valence-corrected chi connectivity index (χ3v) is 5.40. The van der Waals surface area contributed by atoms with Crippen molar-refractivity contribution in [1.82, 2.24) is 14.7 Å². The third-order valence-electron chi connectivity index (χ3n) is 5.40. The Kier molecular flexibility index (Phi) is 7.32. The van der Waals surface area contributed by atoms with Gasteiger partial charge in [0.15, 0.2) is 11.5 Å². The molecule has 0 amide bonds. The zero-order valence-corrected chi connectivity index (χ0v) is 16.8.